The molecule has 0 radical (unpaired) electrons. The van der Waals surface area contributed by atoms with Gasteiger partial charge in [-0.1, -0.05) is 62.1 Å². The number of carbonyl (C=O) groups is 2. The topological polar surface area (TPSA) is 58.2 Å². The van der Waals surface area contributed by atoms with E-state index < -0.39 is 6.04 Å². The molecular formula is C20H24N2O2S. The average molecular weight is 356 g/mol. The summed E-state index contributed by atoms with van der Waals surface area (Å²) in [5.41, 5.74) is 0.804. The second-order valence-electron chi connectivity index (χ2n) is 6.49. The van der Waals surface area contributed by atoms with E-state index in [0.29, 0.717) is 4.88 Å². The van der Waals surface area contributed by atoms with Crippen LogP contribution in [0.15, 0.2) is 47.8 Å². The third-order valence-electron chi connectivity index (χ3n) is 4.62. The van der Waals surface area contributed by atoms with Gasteiger partial charge < -0.3 is 10.6 Å². The molecule has 1 fully saturated rings. The van der Waals surface area contributed by atoms with Crippen LogP contribution in [0.2, 0.25) is 0 Å². The molecule has 1 aromatic carbocycles. The zero-order valence-electron chi connectivity index (χ0n) is 14.2. The molecule has 132 valence electrons. The molecule has 0 saturated heterocycles. The number of nitrogens with one attached hydrogen (secondary N) is 2. The Labute approximate surface area is 152 Å². The van der Waals surface area contributed by atoms with Crippen LogP contribution in [0.4, 0.5) is 0 Å². The highest BCUT2D eigenvalue weighted by Crippen LogP contribution is 2.20. The van der Waals surface area contributed by atoms with Crippen molar-refractivity contribution in [2.75, 3.05) is 0 Å². The van der Waals surface area contributed by atoms with Gasteiger partial charge in [-0.15, -0.1) is 11.3 Å². The lowest BCUT2D eigenvalue weighted by molar-refractivity contribution is -0.123. The number of benzene rings is 1. The summed E-state index contributed by atoms with van der Waals surface area (Å²) in [6.45, 7) is 0. The summed E-state index contributed by atoms with van der Waals surface area (Å²) < 4.78 is 0. The Balaban J connectivity index is 1.73. The molecule has 1 aliphatic rings. The van der Waals surface area contributed by atoms with E-state index in [1.165, 1.54) is 24.2 Å². The summed E-state index contributed by atoms with van der Waals surface area (Å²) in [6, 6.07) is 12.6. The van der Waals surface area contributed by atoms with Gasteiger partial charge in [0.25, 0.3) is 5.91 Å². The lowest BCUT2D eigenvalue weighted by atomic mass is 10.0. The second kappa shape index (κ2) is 8.81. The van der Waals surface area contributed by atoms with Crippen LogP contribution >= 0.6 is 11.3 Å². The minimum absolute atomic E-state index is 0.122. The number of rotatable bonds is 5. The van der Waals surface area contributed by atoms with E-state index in [9.17, 15) is 9.59 Å². The van der Waals surface area contributed by atoms with Crippen LogP contribution in [0.1, 0.15) is 59.8 Å². The van der Waals surface area contributed by atoms with Crippen molar-refractivity contribution in [3.05, 3.63) is 58.3 Å². The van der Waals surface area contributed by atoms with E-state index in [2.05, 4.69) is 10.6 Å². The molecule has 0 bridgehead atoms. The molecule has 25 heavy (non-hydrogen) atoms. The van der Waals surface area contributed by atoms with Gasteiger partial charge in [-0.2, -0.15) is 0 Å². The van der Waals surface area contributed by atoms with Crippen molar-refractivity contribution in [1.82, 2.24) is 10.6 Å². The molecule has 2 N–H and O–H groups in total. The van der Waals surface area contributed by atoms with Crippen LogP contribution in [0.5, 0.6) is 0 Å². The van der Waals surface area contributed by atoms with E-state index in [4.69, 9.17) is 0 Å². The number of hydrogen-bond acceptors (Lipinski definition) is 3. The van der Waals surface area contributed by atoms with Crippen LogP contribution in [0, 0.1) is 0 Å². The van der Waals surface area contributed by atoms with Crippen molar-refractivity contribution in [3.63, 3.8) is 0 Å². The van der Waals surface area contributed by atoms with Gasteiger partial charge in [-0.3, -0.25) is 9.59 Å². The third kappa shape index (κ3) is 4.92. The molecule has 1 aromatic heterocycles. The molecule has 0 spiro atoms. The summed E-state index contributed by atoms with van der Waals surface area (Å²) >= 11 is 1.37. The lowest BCUT2D eigenvalue weighted by Gasteiger charge is -2.23. The van der Waals surface area contributed by atoms with Crippen molar-refractivity contribution in [3.8, 4) is 0 Å². The average Bonchev–Trinajstić information content (AvgIpc) is 3.06. The van der Waals surface area contributed by atoms with Crippen molar-refractivity contribution < 1.29 is 9.59 Å². The third-order valence-corrected chi connectivity index (χ3v) is 5.49. The Kier molecular flexibility index (Phi) is 6.23. The maximum atomic E-state index is 12.9. The monoisotopic (exact) mass is 356 g/mol. The van der Waals surface area contributed by atoms with Gasteiger partial charge >= 0.3 is 0 Å². The number of carbonyl (C=O) groups excluding carboxylic acids is 2. The normalized spacial score (nSPS) is 16.6. The minimum Gasteiger partial charge on any atom is -0.351 e. The van der Waals surface area contributed by atoms with E-state index >= 15 is 0 Å². The number of thiophene rings is 1. The Morgan fingerprint density at radius 1 is 0.960 bits per heavy atom. The summed E-state index contributed by atoms with van der Waals surface area (Å²) in [4.78, 5) is 26.0. The van der Waals surface area contributed by atoms with Gasteiger partial charge in [0.2, 0.25) is 5.91 Å². The predicted octanol–water partition coefficient (Wildman–Crippen LogP) is 4.06. The molecule has 5 heteroatoms. The van der Waals surface area contributed by atoms with Gasteiger partial charge in [0, 0.05) is 6.04 Å². The van der Waals surface area contributed by atoms with Crippen molar-refractivity contribution in [2.45, 2.75) is 50.6 Å². The van der Waals surface area contributed by atoms with Crippen LogP contribution < -0.4 is 10.6 Å². The fourth-order valence-corrected chi connectivity index (χ4v) is 3.89. The SMILES string of the molecule is O=C(N[C@H](C(=O)NC1CCCCCC1)c1ccccc1)c1cccs1. The standard InChI is InChI=1S/C20H24N2O2S/c23-19(17-13-8-14-25-17)22-18(15-9-4-3-5-10-15)20(24)21-16-11-6-1-2-7-12-16/h3-5,8-10,13-14,16,18H,1-2,6-7,11-12H2,(H,21,24)(H,22,23)/t18-/m0/s1. The number of hydrogen-bond donors (Lipinski definition) is 2. The first-order chi connectivity index (χ1) is 12.2. The Hall–Kier alpha value is -2.14. The van der Waals surface area contributed by atoms with Crippen molar-refractivity contribution >= 4 is 23.2 Å². The summed E-state index contributed by atoms with van der Waals surface area (Å²) in [7, 11) is 0. The predicted molar refractivity (Wildman–Crippen MR) is 101 cm³/mol. The van der Waals surface area contributed by atoms with Gasteiger partial charge in [0.15, 0.2) is 0 Å². The molecule has 1 aliphatic carbocycles. The highest BCUT2D eigenvalue weighted by Gasteiger charge is 2.26. The maximum absolute atomic E-state index is 12.9. The van der Waals surface area contributed by atoms with Crippen LogP contribution in [-0.4, -0.2) is 17.9 Å². The first-order valence-electron chi connectivity index (χ1n) is 8.94. The first kappa shape index (κ1) is 17.7. The molecule has 3 rings (SSSR count). The quantitative estimate of drug-likeness (QED) is 0.794. The van der Waals surface area contributed by atoms with Gasteiger partial charge in [-0.25, -0.2) is 0 Å². The smallest absolute Gasteiger partial charge is 0.262 e. The summed E-state index contributed by atoms with van der Waals surface area (Å²) in [5, 5.41) is 7.92. The van der Waals surface area contributed by atoms with E-state index in [-0.39, 0.29) is 17.9 Å². The van der Waals surface area contributed by atoms with Gasteiger partial charge in [-0.05, 0) is 29.9 Å². The Bertz CT molecular complexity index is 677. The van der Waals surface area contributed by atoms with Crippen molar-refractivity contribution in [2.24, 2.45) is 0 Å². The van der Waals surface area contributed by atoms with Gasteiger partial charge in [0.05, 0.1) is 4.88 Å². The largest absolute Gasteiger partial charge is 0.351 e. The van der Waals surface area contributed by atoms with Crippen LogP contribution in [0.3, 0.4) is 0 Å². The maximum Gasteiger partial charge on any atom is 0.262 e. The zero-order valence-corrected chi connectivity index (χ0v) is 15.1. The van der Waals surface area contributed by atoms with E-state index in [1.807, 2.05) is 41.8 Å². The molecule has 0 unspecified atom stereocenters. The summed E-state index contributed by atoms with van der Waals surface area (Å²) in [6.07, 6.45) is 6.83. The van der Waals surface area contributed by atoms with E-state index in [0.717, 1.165) is 31.2 Å². The molecule has 2 aromatic rings. The molecule has 0 aliphatic heterocycles. The second-order valence-corrected chi connectivity index (χ2v) is 7.44. The fraction of sp³-hybridized carbons (Fsp3) is 0.400. The van der Waals surface area contributed by atoms with Gasteiger partial charge in [0.1, 0.15) is 6.04 Å². The number of amides is 2. The molecular weight excluding hydrogens is 332 g/mol. The minimum atomic E-state index is -0.668. The molecule has 4 nitrogen and oxygen atoms in total. The Morgan fingerprint density at radius 2 is 1.68 bits per heavy atom. The fourth-order valence-electron chi connectivity index (χ4n) is 3.26. The highest BCUT2D eigenvalue weighted by atomic mass is 32.1. The molecule has 1 heterocycles. The highest BCUT2D eigenvalue weighted by molar-refractivity contribution is 7.12. The van der Waals surface area contributed by atoms with Crippen LogP contribution in [0.25, 0.3) is 0 Å². The lowest BCUT2D eigenvalue weighted by Crippen LogP contribution is -2.44. The van der Waals surface area contributed by atoms with E-state index in [1.54, 1.807) is 6.07 Å². The van der Waals surface area contributed by atoms with Crippen LogP contribution in [-0.2, 0) is 4.79 Å². The summed E-state index contributed by atoms with van der Waals surface area (Å²) in [5.74, 6) is -0.331. The Morgan fingerprint density at radius 3 is 2.32 bits per heavy atom. The zero-order chi connectivity index (χ0) is 17.5. The molecule has 2 amide bonds. The van der Waals surface area contributed by atoms with Crippen molar-refractivity contribution in [1.29, 1.82) is 0 Å². The molecule has 1 saturated carbocycles. The first-order valence-corrected chi connectivity index (χ1v) is 9.81. The molecule has 1 atom stereocenters.